The normalized spacial score (nSPS) is 17.5. The molecule has 0 unspecified atom stereocenters. The van der Waals surface area contributed by atoms with E-state index in [1.807, 2.05) is 53.3 Å². The largest absolute Gasteiger partial charge is 0.454 e. The Morgan fingerprint density at radius 1 is 1.19 bits per heavy atom. The highest BCUT2D eigenvalue weighted by Crippen LogP contribution is 2.38. The number of nitrogens with one attached hydrogen (secondary N) is 1. The molecule has 27 heavy (non-hydrogen) atoms. The Balaban J connectivity index is 1.49. The number of carbonyl (C=O) groups excluding carboxylic acids is 1. The summed E-state index contributed by atoms with van der Waals surface area (Å²) in [4.78, 5) is 12.3. The molecule has 2 aliphatic heterocycles. The molecule has 1 atom stereocenters. The molecule has 1 aromatic heterocycles. The minimum absolute atomic E-state index is 0.0279. The smallest absolute Gasteiger partial charge is 0.231 e. The van der Waals surface area contributed by atoms with Crippen LogP contribution in [0.25, 0.3) is 0 Å². The fourth-order valence-electron chi connectivity index (χ4n) is 3.62. The van der Waals surface area contributed by atoms with Gasteiger partial charge < -0.3 is 14.8 Å². The van der Waals surface area contributed by atoms with E-state index in [1.165, 1.54) is 0 Å². The zero-order valence-electron chi connectivity index (χ0n) is 14.3. The Kier molecular flexibility index (Phi) is 3.79. The SMILES string of the molecule is O=C1C[C@@H](c2cccc(Cl)c2)c2cnn(Cc3ccc4c(c3)OCO4)c2N1. The predicted molar refractivity (Wildman–Crippen MR) is 100 cm³/mol. The standard InChI is InChI=1S/C20H16ClN3O3/c21-14-3-1-2-13(7-14)15-8-19(25)23-20-16(15)9-22-24(20)10-12-4-5-17-18(6-12)27-11-26-17/h1-7,9,15H,8,10-11H2,(H,23,25)/t15-/m0/s1. The quantitative estimate of drug-likeness (QED) is 0.749. The Hall–Kier alpha value is -2.99. The van der Waals surface area contributed by atoms with Gasteiger partial charge in [0.1, 0.15) is 5.82 Å². The molecule has 1 N–H and O–H groups in total. The third-order valence-corrected chi connectivity index (χ3v) is 5.15. The highest BCUT2D eigenvalue weighted by atomic mass is 35.5. The molecule has 136 valence electrons. The van der Waals surface area contributed by atoms with Crippen LogP contribution in [-0.4, -0.2) is 22.5 Å². The second-order valence-corrected chi connectivity index (χ2v) is 7.09. The van der Waals surface area contributed by atoms with Crippen molar-refractivity contribution in [3.8, 4) is 11.5 Å². The van der Waals surface area contributed by atoms with Crippen LogP contribution in [0.15, 0.2) is 48.7 Å². The van der Waals surface area contributed by atoms with Gasteiger partial charge in [-0.05, 0) is 35.4 Å². The maximum absolute atomic E-state index is 12.3. The van der Waals surface area contributed by atoms with Crippen molar-refractivity contribution in [2.45, 2.75) is 18.9 Å². The molecule has 2 aliphatic rings. The van der Waals surface area contributed by atoms with E-state index in [9.17, 15) is 4.79 Å². The van der Waals surface area contributed by atoms with Gasteiger partial charge in [-0.25, -0.2) is 4.68 Å². The second kappa shape index (κ2) is 6.32. The summed E-state index contributed by atoms with van der Waals surface area (Å²) in [5.41, 5.74) is 3.03. The molecular weight excluding hydrogens is 366 g/mol. The van der Waals surface area contributed by atoms with Crippen molar-refractivity contribution in [1.82, 2.24) is 9.78 Å². The molecule has 0 fully saturated rings. The molecule has 0 bridgehead atoms. The Morgan fingerprint density at radius 2 is 2.07 bits per heavy atom. The highest BCUT2D eigenvalue weighted by molar-refractivity contribution is 6.30. The molecule has 3 heterocycles. The first-order chi connectivity index (χ1) is 13.2. The molecule has 0 aliphatic carbocycles. The number of carbonyl (C=O) groups is 1. The Labute approximate surface area is 160 Å². The van der Waals surface area contributed by atoms with Gasteiger partial charge in [0, 0.05) is 22.9 Å². The third kappa shape index (κ3) is 2.92. The number of aromatic nitrogens is 2. The van der Waals surface area contributed by atoms with Crippen LogP contribution in [-0.2, 0) is 11.3 Å². The van der Waals surface area contributed by atoms with Gasteiger partial charge in [-0.2, -0.15) is 5.10 Å². The van der Waals surface area contributed by atoms with E-state index in [2.05, 4.69) is 10.4 Å². The van der Waals surface area contributed by atoms with Crippen LogP contribution in [0, 0.1) is 0 Å². The van der Waals surface area contributed by atoms with E-state index in [0.717, 1.165) is 34.0 Å². The molecule has 1 amide bonds. The van der Waals surface area contributed by atoms with Gasteiger partial charge in [-0.15, -0.1) is 0 Å². The van der Waals surface area contributed by atoms with Crippen LogP contribution in [0.4, 0.5) is 5.82 Å². The maximum Gasteiger partial charge on any atom is 0.231 e. The average molecular weight is 382 g/mol. The van der Waals surface area contributed by atoms with Gasteiger partial charge in [0.15, 0.2) is 11.5 Å². The van der Waals surface area contributed by atoms with E-state index in [4.69, 9.17) is 21.1 Å². The van der Waals surface area contributed by atoms with Crippen molar-refractivity contribution in [1.29, 1.82) is 0 Å². The van der Waals surface area contributed by atoms with Gasteiger partial charge in [-0.3, -0.25) is 4.79 Å². The number of anilines is 1. The van der Waals surface area contributed by atoms with Gasteiger partial charge >= 0.3 is 0 Å². The summed E-state index contributed by atoms with van der Waals surface area (Å²) < 4.78 is 12.6. The first-order valence-electron chi connectivity index (χ1n) is 8.67. The summed E-state index contributed by atoms with van der Waals surface area (Å²) in [6, 6.07) is 13.4. The number of hydrogen-bond acceptors (Lipinski definition) is 4. The lowest BCUT2D eigenvalue weighted by Gasteiger charge is -2.24. The molecule has 5 rings (SSSR count). The van der Waals surface area contributed by atoms with Crippen LogP contribution >= 0.6 is 11.6 Å². The van der Waals surface area contributed by atoms with Crippen molar-refractivity contribution < 1.29 is 14.3 Å². The molecular formula is C20H16ClN3O3. The highest BCUT2D eigenvalue weighted by Gasteiger charge is 2.30. The van der Waals surface area contributed by atoms with Crippen molar-refractivity contribution in [2.24, 2.45) is 0 Å². The lowest BCUT2D eigenvalue weighted by Crippen LogP contribution is -2.25. The van der Waals surface area contributed by atoms with Crippen LogP contribution in [0.5, 0.6) is 11.5 Å². The fraction of sp³-hybridized carbons (Fsp3) is 0.200. The topological polar surface area (TPSA) is 65.4 Å². The summed E-state index contributed by atoms with van der Waals surface area (Å²) in [5, 5.41) is 8.14. The van der Waals surface area contributed by atoms with Gasteiger partial charge in [0.25, 0.3) is 0 Å². The van der Waals surface area contributed by atoms with Crippen molar-refractivity contribution in [2.75, 3.05) is 12.1 Å². The number of hydrogen-bond donors (Lipinski definition) is 1. The van der Waals surface area contributed by atoms with E-state index in [-0.39, 0.29) is 18.6 Å². The van der Waals surface area contributed by atoms with Gasteiger partial charge in [-0.1, -0.05) is 29.8 Å². The number of rotatable bonds is 3. The van der Waals surface area contributed by atoms with E-state index < -0.39 is 0 Å². The number of ether oxygens (including phenoxy) is 2. The molecule has 0 radical (unpaired) electrons. The summed E-state index contributed by atoms with van der Waals surface area (Å²) in [6.45, 7) is 0.766. The minimum atomic E-state index is -0.0575. The molecule has 0 saturated carbocycles. The first-order valence-corrected chi connectivity index (χ1v) is 9.05. The van der Waals surface area contributed by atoms with E-state index in [0.29, 0.717) is 18.0 Å². The van der Waals surface area contributed by atoms with Gasteiger partial charge in [0.2, 0.25) is 12.7 Å². The van der Waals surface area contributed by atoms with Crippen LogP contribution in [0.3, 0.4) is 0 Å². The predicted octanol–water partition coefficient (Wildman–Crippen LogP) is 3.79. The van der Waals surface area contributed by atoms with E-state index >= 15 is 0 Å². The number of nitrogens with zero attached hydrogens (tertiary/aromatic N) is 2. The maximum atomic E-state index is 12.3. The summed E-state index contributed by atoms with van der Waals surface area (Å²) in [5.74, 6) is 2.12. The molecule has 6 nitrogen and oxygen atoms in total. The second-order valence-electron chi connectivity index (χ2n) is 6.65. The minimum Gasteiger partial charge on any atom is -0.454 e. The summed E-state index contributed by atoms with van der Waals surface area (Å²) >= 11 is 6.14. The first kappa shape index (κ1) is 16.2. The molecule has 0 saturated heterocycles. The lowest BCUT2D eigenvalue weighted by atomic mass is 9.87. The Morgan fingerprint density at radius 3 is 2.96 bits per heavy atom. The van der Waals surface area contributed by atoms with E-state index in [1.54, 1.807) is 0 Å². The number of halogens is 1. The molecule has 2 aromatic carbocycles. The van der Waals surface area contributed by atoms with Crippen molar-refractivity contribution in [3.05, 3.63) is 70.4 Å². The monoisotopic (exact) mass is 381 g/mol. The molecule has 0 spiro atoms. The third-order valence-electron chi connectivity index (χ3n) is 4.91. The molecule has 7 heteroatoms. The fourth-order valence-corrected chi connectivity index (χ4v) is 3.82. The van der Waals surface area contributed by atoms with Crippen LogP contribution in [0.2, 0.25) is 5.02 Å². The van der Waals surface area contributed by atoms with Crippen LogP contribution in [0.1, 0.15) is 29.0 Å². The lowest BCUT2D eigenvalue weighted by molar-refractivity contribution is -0.116. The number of benzene rings is 2. The average Bonchev–Trinajstić information content (AvgIpc) is 3.28. The van der Waals surface area contributed by atoms with Gasteiger partial charge in [0.05, 0.1) is 12.7 Å². The zero-order chi connectivity index (χ0) is 18.4. The molecule has 3 aromatic rings. The number of amides is 1. The van der Waals surface area contributed by atoms with Crippen molar-refractivity contribution in [3.63, 3.8) is 0 Å². The Bertz CT molecular complexity index is 1050. The zero-order valence-corrected chi connectivity index (χ0v) is 15.1. The summed E-state index contributed by atoms with van der Waals surface area (Å²) in [7, 11) is 0. The van der Waals surface area contributed by atoms with Crippen molar-refractivity contribution >= 4 is 23.3 Å². The van der Waals surface area contributed by atoms with Crippen LogP contribution < -0.4 is 14.8 Å². The number of fused-ring (bicyclic) bond motifs is 2. The summed E-state index contributed by atoms with van der Waals surface area (Å²) in [6.07, 6.45) is 2.20.